The van der Waals surface area contributed by atoms with E-state index in [1.165, 1.54) is 4.80 Å². The zero-order valence-corrected chi connectivity index (χ0v) is 8.43. The van der Waals surface area contributed by atoms with Crippen molar-refractivity contribution in [2.45, 2.75) is 33.2 Å². The van der Waals surface area contributed by atoms with Crippen LogP contribution >= 0.6 is 0 Å². The van der Waals surface area contributed by atoms with E-state index < -0.39 is 5.97 Å². The summed E-state index contributed by atoms with van der Waals surface area (Å²) in [7, 11) is 0. The summed E-state index contributed by atoms with van der Waals surface area (Å²) in [6.07, 6.45) is 2.02. The standard InChI is InChI=1S/C8H14N4O2/c1-3-5-6-12-10-7(9-11-12)8(13)14-4-2/h3-6H2,1-2H3. The number of aromatic nitrogens is 4. The summed E-state index contributed by atoms with van der Waals surface area (Å²) in [6.45, 7) is 4.81. The highest BCUT2D eigenvalue weighted by Gasteiger charge is 2.12. The van der Waals surface area contributed by atoms with Gasteiger partial charge >= 0.3 is 5.97 Å². The van der Waals surface area contributed by atoms with Crippen LogP contribution in [0.25, 0.3) is 0 Å². The van der Waals surface area contributed by atoms with Gasteiger partial charge in [-0.15, -0.1) is 10.2 Å². The monoisotopic (exact) mass is 198 g/mol. The first kappa shape index (κ1) is 10.6. The minimum absolute atomic E-state index is 0.0305. The van der Waals surface area contributed by atoms with E-state index in [2.05, 4.69) is 22.3 Å². The van der Waals surface area contributed by atoms with Gasteiger partial charge in [0.15, 0.2) is 0 Å². The number of aryl methyl sites for hydroxylation is 1. The van der Waals surface area contributed by atoms with Crippen LogP contribution in [0.15, 0.2) is 0 Å². The number of hydrogen-bond donors (Lipinski definition) is 0. The van der Waals surface area contributed by atoms with Gasteiger partial charge in [-0.25, -0.2) is 4.79 Å². The Labute approximate surface area is 82.2 Å². The second-order valence-corrected chi connectivity index (χ2v) is 2.78. The van der Waals surface area contributed by atoms with Gasteiger partial charge < -0.3 is 4.74 Å². The molecule has 0 radical (unpaired) electrons. The molecule has 0 saturated heterocycles. The molecule has 1 rings (SSSR count). The summed E-state index contributed by atoms with van der Waals surface area (Å²) < 4.78 is 4.73. The van der Waals surface area contributed by atoms with Crippen LogP contribution < -0.4 is 0 Å². The molecule has 0 aromatic carbocycles. The van der Waals surface area contributed by atoms with Gasteiger partial charge in [0, 0.05) is 0 Å². The van der Waals surface area contributed by atoms with Crippen molar-refractivity contribution < 1.29 is 9.53 Å². The van der Waals surface area contributed by atoms with Crippen LogP contribution in [0.4, 0.5) is 0 Å². The van der Waals surface area contributed by atoms with Gasteiger partial charge in [0.1, 0.15) is 0 Å². The number of tetrazole rings is 1. The molecule has 1 aromatic rings. The average Bonchev–Trinajstić information content (AvgIpc) is 2.63. The Hall–Kier alpha value is -1.46. The lowest BCUT2D eigenvalue weighted by molar-refractivity contribution is 0.0511. The molecule has 0 saturated carbocycles. The molecule has 0 unspecified atom stereocenters. The number of esters is 1. The molecule has 0 spiro atoms. The number of carbonyl (C=O) groups excluding carboxylic acids is 1. The van der Waals surface area contributed by atoms with E-state index in [0.717, 1.165) is 12.8 Å². The van der Waals surface area contributed by atoms with Crippen LogP contribution in [0.3, 0.4) is 0 Å². The number of ether oxygens (including phenoxy) is 1. The van der Waals surface area contributed by atoms with Crippen LogP contribution in [0, 0.1) is 0 Å². The summed E-state index contributed by atoms with van der Waals surface area (Å²) >= 11 is 0. The highest BCUT2D eigenvalue weighted by molar-refractivity contribution is 5.84. The largest absolute Gasteiger partial charge is 0.460 e. The fourth-order valence-corrected chi connectivity index (χ4v) is 0.915. The molecule has 0 amide bonds. The maximum atomic E-state index is 11.1. The minimum atomic E-state index is -0.518. The molecule has 0 atom stereocenters. The number of carbonyl (C=O) groups is 1. The molecule has 0 aliphatic heterocycles. The molecule has 14 heavy (non-hydrogen) atoms. The molecule has 1 heterocycles. The first-order valence-electron chi connectivity index (χ1n) is 4.72. The van der Waals surface area contributed by atoms with Gasteiger partial charge in [0.05, 0.1) is 13.2 Å². The zero-order chi connectivity index (χ0) is 10.4. The van der Waals surface area contributed by atoms with Crippen LogP contribution in [-0.4, -0.2) is 32.8 Å². The van der Waals surface area contributed by atoms with Gasteiger partial charge in [-0.05, 0) is 18.6 Å². The molecule has 78 valence electrons. The molecule has 0 bridgehead atoms. The van der Waals surface area contributed by atoms with E-state index in [4.69, 9.17) is 4.74 Å². The van der Waals surface area contributed by atoms with Gasteiger partial charge in [-0.1, -0.05) is 13.3 Å². The first-order chi connectivity index (χ1) is 6.77. The van der Waals surface area contributed by atoms with Gasteiger partial charge in [0.2, 0.25) is 0 Å². The van der Waals surface area contributed by atoms with E-state index in [0.29, 0.717) is 13.2 Å². The Morgan fingerprint density at radius 2 is 2.29 bits per heavy atom. The van der Waals surface area contributed by atoms with Crippen LogP contribution in [0.5, 0.6) is 0 Å². The SMILES string of the molecule is CCCCn1nnc(C(=O)OCC)n1. The second kappa shape index (κ2) is 5.31. The van der Waals surface area contributed by atoms with Crippen molar-refractivity contribution in [3.05, 3.63) is 5.82 Å². The van der Waals surface area contributed by atoms with Crippen molar-refractivity contribution in [2.75, 3.05) is 6.61 Å². The van der Waals surface area contributed by atoms with Gasteiger partial charge in [-0.2, -0.15) is 4.80 Å². The quantitative estimate of drug-likeness (QED) is 0.650. The maximum Gasteiger partial charge on any atom is 0.380 e. The molecule has 0 N–H and O–H groups in total. The van der Waals surface area contributed by atoms with Crippen LogP contribution in [-0.2, 0) is 11.3 Å². The summed E-state index contributed by atoms with van der Waals surface area (Å²) in [4.78, 5) is 12.5. The Morgan fingerprint density at radius 3 is 2.93 bits per heavy atom. The van der Waals surface area contributed by atoms with Crippen molar-refractivity contribution in [1.82, 2.24) is 20.2 Å². The van der Waals surface area contributed by atoms with Crippen LogP contribution in [0.1, 0.15) is 37.3 Å². The fraction of sp³-hybridized carbons (Fsp3) is 0.750. The molecule has 0 aliphatic rings. The predicted octanol–water partition coefficient (Wildman–Crippen LogP) is 0.650. The molecule has 1 aromatic heterocycles. The van der Waals surface area contributed by atoms with E-state index in [-0.39, 0.29) is 5.82 Å². The van der Waals surface area contributed by atoms with Crippen molar-refractivity contribution in [2.24, 2.45) is 0 Å². The number of hydrogen-bond acceptors (Lipinski definition) is 5. The zero-order valence-electron chi connectivity index (χ0n) is 8.43. The molecular formula is C8H14N4O2. The number of nitrogens with zero attached hydrogens (tertiary/aromatic N) is 4. The Balaban J connectivity index is 2.54. The summed E-state index contributed by atoms with van der Waals surface area (Å²) in [5, 5.41) is 11.2. The Bertz CT molecular complexity index is 297. The van der Waals surface area contributed by atoms with Crippen molar-refractivity contribution in [3.63, 3.8) is 0 Å². The highest BCUT2D eigenvalue weighted by atomic mass is 16.5. The summed E-state index contributed by atoms with van der Waals surface area (Å²) in [5.74, 6) is -0.488. The van der Waals surface area contributed by atoms with Gasteiger partial charge in [0.25, 0.3) is 5.82 Å². The first-order valence-corrected chi connectivity index (χ1v) is 4.72. The lowest BCUT2D eigenvalue weighted by Crippen LogP contribution is -2.08. The minimum Gasteiger partial charge on any atom is -0.460 e. The smallest absolute Gasteiger partial charge is 0.380 e. The second-order valence-electron chi connectivity index (χ2n) is 2.78. The molecular weight excluding hydrogens is 184 g/mol. The third-order valence-corrected chi connectivity index (χ3v) is 1.62. The van der Waals surface area contributed by atoms with Crippen LogP contribution in [0.2, 0.25) is 0 Å². The third kappa shape index (κ3) is 2.79. The number of unbranched alkanes of at least 4 members (excludes halogenated alkanes) is 1. The molecule has 6 nitrogen and oxygen atoms in total. The molecule has 0 aliphatic carbocycles. The average molecular weight is 198 g/mol. The fourth-order valence-electron chi connectivity index (χ4n) is 0.915. The normalized spacial score (nSPS) is 10.1. The molecule has 0 fully saturated rings. The van der Waals surface area contributed by atoms with E-state index >= 15 is 0 Å². The highest BCUT2D eigenvalue weighted by Crippen LogP contribution is 1.94. The van der Waals surface area contributed by atoms with Gasteiger partial charge in [-0.3, -0.25) is 0 Å². The lowest BCUT2D eigenvalue weighted by Gasteiger charge is -1.95. The topological polar surface area (TPSA) is 69.9 Å². The van der Waals surface area contributed by atoms with E-state index in [9.17, 15) is 4.79 Å². The predicted molar refractivity (Wildman–Crippen MR) is 48.7 cm³/mol. The maximum absolute atomic E-state index is 11.1. The van der Waals surface area contributed by atoms with Crippen molar-refractivity contribution in [1.29, 1.82) is 0 Å². The van der Waals surface area contributed by atoms with E-state index in [1.807, 2.05) is 0 Å². The lowest BCUT2D eigenvalue weighted by atomic mass is 10.3. The summed E-state index contributed by atoms with van der Waals surface area (Å²) in [5.41, 5.74) is 0. The molecule has 6 heteroatoms. The van der Waals surface area contributed by atoms with E-state index in [1.54, 1.807) is 6.92 Å². The third-order valence-electron chi connectivity index (χ3n) is 1.62. The Kier molecular flexibility index (Phi) is 4.03. The Morgan fingerprint density at radius 1 is 1.50 bits per heavy atom. The van der Waals surface area contributed by atoms with Crippen molar-refractivity contribution in [3.8, 4) is 0 Å². The number of rotatable bonds is 5. The summed E-state index contributed by atoms with van der Waals surface area (Å²) in [6, 6.07) is 0. The van der Waals surface area contributed by atoms with Crippen molar-refractivity contribution >= 4 is 5.97 Å².